The molecule has 1 unspecified atom stereocenters. The zero-order valence-electron chi connectivity index (χ0n) is 12.7. The molecule has 118 valence electrons. The highest BCUT2D eigenvalue weighted by Crippen LogP contribution is 2.31. The van der Waals surface area contributed by atoms with E-state index in [0.717, 1.165) is 18.5 Å². The summed E-state index contributed by atoms with van der Waals surface area (Å²) < 4.78 is 5.48. The summed E-state index contributed by atoms with van der Waals surface area (Å²) in [5.74, 6) is -0.00131. The van der Waals surface area contributed by atoms with Crippen LogP contribution in [0.1, 0.15) is 12.0 Å². The Labute approximate surface area is 130 Å². The molecule has 3 rings (SSSR count). The van der Waals surface area contributed by atoms with E-state index < -0.39 is 5.60 Å². The van der Waals surface area contributed by atoms with E-state index in [1.165, 1.54) is 0 Å². The smallest absolute Gasteiger partial charge is 0.410 e. The Morgan fingerprint density at radius 2 is 2.09 bits per heavy atom. The molecule has 6 nitrogen and oxygen atoms in total. The number of hydrogen-bond donors (Lipinski definition) is 1. The van der Waals surface area contributed by atoms with E-state index in [-0.39, 0.29) is 12.0 Å². The van der Waals surface area contributed by atoms with Gasteiger partial charge in [0, 0.05) is 33.1 Å². The molecule has 0 aliphatic carbocycles. The van der Waals surface area contributed by atoms with E-state index in [9.17, 15) is 9.59 Å². The van der Waals surface area contributed by atoms with Crippen LogP contribution in [0.4, 0.5) is 4.79 Å². The molecule has 0 aromatic heterocycles. The van der Waals surface area contributed by atoms with Crippen LogP contribution in [0.15, 0.2) is 30.3 Å². The number of likely N-dealkylation sites (N-methyl/N-ethyl adjacent to an activating group) is 1. The third-order valence-electron chi connectivity index (χ3n) is 4.24. The summed E-state index contributed by atoms with van der Waals surface area (Å²) in [5.41, 5.74) is 0.658. The van der Waals surface area contributed by atoms with Gasteiger partial charge < -0.3 is 15.0 Å². The molecule has 1 N–H and O–H groups in total. The summed E-state index contributed by atoms with van der Waals surface area (Å²) in [6, 6.07) is 9.83. The number of hydrogen-bond acceptors (Lipinski definition) is 4. The fourth-order valence-electron chi connectivity index (χ4n) is 3.12. The molecule has 2 amide bonds. The first-order valence-corrected chi connectivity index (χ1v) is 7.53. The summed E-state index contributed by atoms with van der Waals surface area (Å²) in [7, 11) is 1.74. The predicted octanol–water partition coefficient (Wildman–Crippen LogP) is 0.829. The van der Waals surface area contributed by atoms with Gasteiger partial charge in [-0.3, -0.25) is 9.69 Å². The van der Waals surface area contributed by atoms with Crippen LogP contribution in [-0.2, 0) is 16.1 Å². The molecule has 0 bridgehead atoms. The Balaban J connectivity index is 1.46. The molecule has 2 fully saturated rings. The van der Waals surface area contributed by atoms with Gasteiger partial charge in [-0.15, -0.1) is 0 Å². The molecule has 2 heterocycles. The van der Waals surface area contributed by atoms with Crippen LogP contribution in [-0.4, -0.2) is 60.6 Å². The highest BCUT2D eigenvalue weighted by molar-refractivity contribution is 5.78. The number of carbonyl (C=O) groups is 2. The van der Waals surface area contributed by atoms with Gasteiger partial charge >= 0.3 is 6.09 Å². The molecule has 1 aromatic carbocycles. The van der Waals surface area contributed by atoms with Crippen molar-refractivity contribution in [1.82, 2.24) is 15.1 Å². The lowest BCUT2D eigenvalue weighted by Crippen LogP contribution is -2.40. The van der Waals surface area contributed by atoms with Gasteiger partial charge in [-0.05, 0) is 5.56 Å². The Morgan fingerprint density at radius 3 is 2.77 bits per heavy atom. The van der Waals surface area contributed by atoms with Crippen molar-refractivity contribution in [3.63, 3.8) is 0 Å². The van der Waals surface area contributed by atoms with Gasteiger partial charge in [0.1, 0.15) is 5.60 Å². The maximum Gasteiger partial charge on any atom is 0.410 e. The second kappa shape index (κ2) is 5.96. The Kier molecular flexibility index (Phi) is 4.02. The number of nitrogens with zero attached hydrogens (tertiary/aromatic N) is 2. The van der Waals surface area contributed by atoms with E-state index in [4.69, 9.17) is 4.74 Å². The Bertz CT molecular complexity index is 563. The van der Waals surface area contributed by atoms with E-state index in [0.29, 0.717) is 26.2 Å². The minimum atomic E-state index is -0.425. The van der Waals surface area contributed by atoms with Gasteiger partial charge in [0.05, 0.1) is 13.1 Å². The van der Waals surface area contributed by atoms with Gasteiger partial charge in [-0.1, -0.05) is 30.3 Å². The maximum absolute atomic E-state index is 12.0. The van der Waals surface area contributed by atoms with Crippen molar-refractivity contribution in [3.8, 4) is 0 Å². The summed E-state index contributed by atoms with van der Waals surface area (Å²) in [6.45, 7) is 2.89. The molecule has 2 saturated heterocycles. The molecule has 0 saturated carbocycles. The Morgan fingerprint density at radius 1 is 1.32 bits per heavy atom. The van der Waals surface area contributed by atoms with E-state index >= 15 is 0 Å². The second-order valence-electron chi connectivity index (χ2n) is 6.13. The molecule has 0 radical (unpaired) electrons. The fourth-order valence-corrected chi connectivity index (χ4v) is 3.12. The first-order valence-electron chi connectivity index (χ1n) is 7.53. The van der Waals surface area contributed by atoms with Crippen molar-refractivity contribution in [3.05, 3.63) is 35.9 Å². The average Bonchev–Trinajstić information content (AvgIpc) is 3.01. The van der Waals surface area contributed by atoms with Crippen LogP contribution in [0.2, 0.25) is 0 Å². The van der Waals surface area contributed by atoms with Crippen molar-refractivity contribution >= 4 is 12.0 Å². The molecule has 1 spiro atoms. The minimum Gasteiger partial charge on any atom is -0.439 e. The summed E-state index contributed by atoms with van der Waals surface area (Å²) in [4.78, 5) is 27.2. The second-order valence-corrected chi connectivity index (χ2v) is 6.13. The predicted molar refractivity (Wildman–Crippen MR) is 81.2 cm³/mol. The number of likely N-dealkylation sites (tertiary alicyclic amines) is 1. The highest BCUT2D eigenvalue weighted by Gasteiger charge is 2.48. The molecule has 22 heavy (non-hydrogen) atoms. The highest BCUT2D eigenvalue weighted by atomic mass is 16.6. The summed E-state index contributed by atoms with van der Waals surface area (Å²) in [5, 5.41) is 2.92. The number of benzene rings is 1. The topological polar surface area (TPSA) is 61.9 Å². The van der Waals surface area contributed by atoms with Crippen molar-refractivity contribution in [2.75, 3.05) is 33.2 Å². The monoisotopic (exact) mass is 303 g/mol. The van der Waals surface area contributed by atoms with Crippen molar-refractivity contribution in [2.45, 2.75) is 18.6 Å². The quantitative estimate of drug-likeness (QED) is 0.895. The molecular weight excluding hydrogens is 282 g/mol. The first kappa shape index (κ1) is 14.8. The SMILES string of the molecule is CN1CC2(CCN(CC(=O)NCc3ccccc3)C2)OC1=O. The van der Waals surface area contributed by atoms with Crippen LogP contribution in [0.3, 0.4) is 0 Å². The minimum absolute atomic E-state index is 0.00131. The van der Waals surface area contributed by atoms with E-state index in [2.05, 4.69) is 5.32 Å². The third kappa shape index (κ3) is 3.22. The molecule has 2 aliphatic heterocycles. The number of ether oxygens (including phenoxy) is 1. The maximum atomic E-state index is 12.0. The van der Waals surface area contributed by atoms with Gasteiger partial charge in [0.15, 0.2) is 0 Å². The van der Waals surface area contributed by atoms with Gasteiger partial charge in [-0.2, -0.15) is 0 Å². The van der Waals surface area contributed by atoms with Crippen molar-refractivity contribution < 1.29 is 14.3 Å². The molecule has 2 aliphatic rings. The Hall–Kier alpha value is -2.08. The number of nitrogens with one attached hydrogen (secondary N) is 1. The largest absolute Gasteiger partial charge is 0.439 e. The summed E-state index contributed by atoms with van der Waals surface area (Å²) in [6.07, 6.45) is 0.519. The lowest BCUT2D eigenvalue weighted by molar-refractivity contribution is -0.122. The van der Waals surface area contributed by atoms with Gasteiger partial charge in [-0.25, -0.2) is 4.79 Å². The van der Waals surface area contributed by atoms with Gasteiger partial charge in [0.25, 0.3) is 0 Å². The first-order chi connectivity index (χ1) is 10.6. The van der Waals surface area contributed by atoms with E-state index in [1.807, 2.05) is 35.2 Å². The number of amides is 2. The fraction of sp³-hybridized carbons (Fsp3) is 0.500. The lowest BCUT2D eigenvalue weighted by Gasteiger charge is -2.21. The summed E-state index contributed by atoms with van der Waals surface area (Å²) >= 11 is 0. The van der Waals surface area contributed by atoms with Gasteiger partial charge in [0.2, 0.25) is 5.91 Å². The molecular formula is C16H21N3O3. The van der Waals surface area contributed by atoms with Crippen molar-refractivity contribution in [2.24, 2.45) is 0 Å². The molecule has 1 atom stereocenters. The van der Waals surface area contributed by atoms with Crippen LogP contribution in [0, 0.1) is 0 Å². The van der Waals surface area contributed by atoms with Crippen molar-refractivity contribution in [1.29, 1.82) is 0 Å². The number of carbonyl (C=O) groups excluding carboxylic acids is 2. The van der Waals surface area contributed by atoms with Crippen LogP contribution in [0.25, 0.3) is 0 Å². The zero-order chi connectivity index (χ0) is 15.6. The normalized spacial score (nSPS) is 24.8. The average molecular weight is 303 g/mol. The van der Waals surface area contributed by atoms with E-state index in [1.54, 1.807) is 11.9 Å². The molecule has 6 heteroatoms. The lowest BCUT2D eigenvalue weighted by atomic mass is 10.0. The third-order valence-corrected chi connectivity index (χ3v) is 4.24. The standard InChI is InChI=1S/C16H21N3O3/c1-18-11-16(22-15(18)21)7-8-19(12-16)10-14(20)17-9-13-5-3-2-4-6-13/h2-6H,7-12H2,1H3,(H,17,20). The zero-order valence-corrected chi connectivity index (χ0v) is 12.7. The van der Waals surface area contributed by atoms with Crippen LogP contribution < -0.4 is 5.32 Å². The number of rotatable bonds is 4. The van der Waals surface area contributed by atoms with Crippen LogP contribution in [0.5, 0.6) is 0 Å². The molecule has 1 aromatic rings. The van der Waals surface area contributed by atoms with Crippen LogP contribution >= 0.6 is 0 Å².